The number of aliphatic hydroxyl groups excluding tert-OH is 1. The molecule has 0 bridgehead atoms. The van der Waals surface area contributed by atoms with Crippen molar-refractivity contribution >= 4 is 78.7 Å². The molecule has 3 aliphatic heterocycles. The van der Waals surface area contributed by atoms with Gasteiger partial charge < -0.3 is 49.6 Å². The highest BCUT2D eigenvalue weighted by molar-refractivity contribution is 6.00. The van der Waals surface area contributed by atoms with Gasteiger partial charge in [-0.25, -0.2) is 37.1 Å². The van der Waals surface area contributed by atoms with Crippen LogP contribution in [0.5, 0.6) is 0 Å². The number of alkyl halides is 6. The van der Waals surface area contributed by atoms with Gasteiger partial charge in [0.15, 0.2) is 0 Å². The number of aliphatic carboxylic acids is 1. The number of nitrogens with zero attached hydrogens (tertiary/aromatic N) is 10. The molecule has 4 aromatic carbocycles. The molecule has 5 aliphatic rings. The van der Waals surface area contributed by atoms with E-state index in [1.54, 1.807) is 30.3 Å². The number of amides is 2. The van der Waals surface area contributed by atoms with Gasteiger partial charge >= 0.3 is 35.7 Å². The van der Waals surface area contributed by atoms with E-state index in [-0.39, 0.29) is 107 Å². The summed E-state index contributed by atoms with van der Waals surface area (Å²) in [4.78, 5) is 125. The zero-order valence-corrected chi connectivity index (χ0v) is 59.6. The van der Waals surface area contributed by atoms with Gasteiger partial charge in [0.25, 0.3) is 22.9 Å². The number of rotatable bonds is 15. The number of anilines is 2. The van der Waals surface area contributed by atoms with Gasteiger partial charge in [0.05, 0.1) is 100 Å². The summed E-state index contributed by atoms with van der Waals surface area (Å²) in [6, 6.07) is 12.9. The molecule has 15 rings (SSSR count). The van der Waals surface area contributed by atoms with E-state index in [2.05, 4.69) is 30.6 Å². The molecule has 0 radical (unpaired) electrons. The predicted octanol–water partition coefficient (Wildman–Crippen LogP) is 8.11. The van der Waals surface area contributed by atoms with Crippen LogP contribution >= 0.6 is 0 Å². The summed E-state index contributed by atoms with van der Waals surface area (Å²) in [7, 11) is 3.01. The number of carboxylic acid groups (broad SMARTS) is 1. The van der Waals surface area contributed by atoms with Crippen molar-refractivity contribution < 1.29 is 83.5 Å². The fraction of sp³-hybridized carbons (Fsp3) is 0.368. The van der Waals surface area contributed by atoms with Crippen molar-refractivity contribution in [1.82, 2.24) is 48.8 Å². The highest BCUT2D eigenvalue weighted by Crippen LogP contribution is 2.36. The molecule has 6 aromatic heterocycles. The first-order valence-corrected chi connectivity index (χ1v) is 35.1. The number of aliphatic hydroxyl groups is 1. The number of nitrogens with one attached hydrogen (secondary N) is 2. The fourth-order valence-corrected chi connectivity index (χ4v) is 13.2. The van der Waals surface area contributed by atoms with Crippen molar-refractivity contribution in [3.05, 3.63) is 209 Å². The summed E-state index contributed by atoms with van der Waals surface area (Å²) in [6.07, 6.45) is 4.58. The number of aromatic nitrogens is 8. The lowest BCUT2D eigenvalue weighted by atomic mass is 9.99. The zero-order chi connectivity index (χ0) is 78.6. The third kappa shape index (κ3) is 17.1. The number of carbonyl (C=O) groups is 4. The Morgan fingerprint density at radius 2 is 1.00 bits per heavy atom. The van der Waals surface area contributed by atoms with E-state index in [4.69, 9.17) is 24.1 Å². The Hall–Kier alpha value is -11.4. The normalized spacial score (nSPS) is 17.1. The molecule has 0 spiro atoms. The zero-order valence-electron chi connectivity index (χ0n) is 59.6. The maximum atomic E-state index is 15.7. The number of hydrogen-bond donors (Lipinski definition) is 4. The first kappa shape index (κ1) is 78.2. The molecule has 4 N–H and O–H groups in total. The van der Waals surface area contributed by atoms with Gasteiger partial charge in [-0.1, -0.05) is 24.3 Å². The Kier molecular flexibility index (Phi) is 23.4. The van der Waals surface area contributed by atoms with Crippen LogP contribution in [0.15, 0.2) is 141 Å². The molecule has 3 saturated heterocycles. The van der Waals surface area contributed by atoms with Crippen LogP contribution in [0, 0.1) is 25.5 Å². The number of halogens is 8. The molecule has 578 valence electrons. The van der Waals surface area contributed by atoms with Crippen molar-refractivity contribution in [3.63, 3.8) is 0 Å². The maximum Gasteiger partial charge on any atom is 0.411 e. The number of hydrogen-bond acceptors (Lipinski definition) is 19. The maximum absolute atomic E-state index is 15.7. The van der Waals surface area contributed by atoms with Crippen molar-refractivity contribution in [1.29, 1.82) is 0 Å². The van der Waals surface area contributed by atoms with Gasteiger partial charge in [0.2, 0.25) is 0 Å². The van der Waals surface area contributed by atoms with Crippen molar-refractivity contribution in [2.45, 2.75) is 114 Å². The summed E-state index contributed by atoms with van der Waals surface area (Å²) < 4.78 is 138. The van der Waals surface area contributed by atoms with Gasteiger partial charge in [-0.15, -0.1) is 0 Å². The molecule has 9 heterocycles. The Morgan fingerprint density at radius 3 is 1.38 bits per heavy atom. The third-order valence-corrected chi connectivity index (χ3v) is 19.2. The van der Waals surface area contributed by atoms with E-state index < -0.39 is 119 Å². The number of carboxylic acids is 1. The van der Waals surface area contributed by atoms with Gasteiger partial charge in [-0.2, -0.15) is 26.3 Å². The second-order valence-corrected chi connectivity index (χ2v) is 26.9. The smallest absolute Gasteiger partial charge is 0.411 e. The van der Waals surface area contributed by atoms with Crippen molar-refractivity contribution in [2.24, 2.45) is 14.1 Å². The van der Waals surface area contributed by atoms with Crippen LogP contribution in [-0.2, 0) is 55.5 Å². The number of aryl methyl sites for hydroxylation is 4. The predicted molar refractivity (Wildman–Crippen MR) is 386 cm³/mol. The molecular weight excluding hydrogens is 1460 g/mol. The van der Waals surface area contributed by atoms with E-state index in [9.17, 15) is 69.8 Å². The largest absolute Gasteiger partial charge is 0.480 e. The van der Waals surface area contributed by atoms with Crippen LogP contribution in [0.3, 0.4) is 0 Å². The molecule has 2 amide bonds. The van der Waals surface area contributed by atoms with Crippen LogP contribution in [-0.4, -0.2) is 174 Å². The molecule has 34 heteroatoms. The molecule has 10 aromatic rings. The monoisotopic (exact) mass is 1530 g/mol. The number of esters is 1. The lowest BCUT2D eigenvalue weighted by molar-refractivity contribution is -0.167. The molecule has 5 fully saturated rings. The van der Waals surface area contributed by atoms with E-state index in [1.165, 1.54) is 130 Å². The van der Waals surface area contributed by atoms with Gasteiger partial charge in [-0.3, -0.25) is 48.2 Å². The third-order valence-electron chi connectivity index (χ3n) is 19.2. The van der Waals surface area contributed by atoms with Crippen molar-refractivity contribution in [3.8, 4) is 11.4 Å². The van der Waals surface area contributed by atoms with Gasteiger partial charge in [0.1, 0.15) is 41.9 Å². The SMILES string of the molecule is C1CCOC1.Cc1cc(N2CCOC[C@@H]2C(F)(F)F)cc(F)c1C(=O)N[C@@H](Cc1ccc(-n2c(=O)c3ccncc3n(C)c2=O)c2ncccc12)C(=O)O.Cc1cc(N2CCOC[C@@H]2C(F)(F)F)cc(F)c1C(=O)N[C@@H](Cc1ccc(-n2c(=O)c3ccncc3n(C)c2=O)c2ncccc12)C(=O)OC1CC1.OC1CC1. The molecule has 0 unspecified atom stereocenters. The van der Waals surface area contributed by atoms with Crippen LogP contribution in [0.25, 0.3) is 55.0 Å². The van der Waals surface area contributed by atoms with Crippen molar-refractivity contribution in [2.75, 3.05) is 62.5 Å². The second-order valence-electron chi connectivity index (χ2n) is 26.9. The molecule has 4 atom stereocenters. The van der Waals surface area contributed by atoms with E-state index >= 15 is 8.78 Å². The average molecular weight is 1530 g/mol. The summed E-state index contributed by atoms with van der Waals surface area (Å²) >= 11 is 0. The van der Waals surface area contributed by atoms with Gasteiger partial charge in [-0.05, 0) is 135 Å². The Morgan fingerprint density at radius 1 is 0.573 bits per heavy atom. The number of morpholine rings is 2. The molecule has 2 saturated carbocycles. The Labute approximate surface area is 619 Å². The number of fused-ring (bicyclic) bond motifs is 4. The minimum Gasteiger partial charge on any atom is -0.480 e. The highest BCUT2D eigenvalue weighted by Gasteiger charge is 2.47. The van der Waals surface area contributed by atoms with E-state index in [1.807, 2.05) is 0 Å². The molecule has 26 nitrogen and oxygen atoms in total. The molecule has 2 aliphatic carbocycles. The van der Waals surface area contributed by atoms with Crippen LogP contribution < -0.4 is 42.9 Å². The summed E-state index contributed by atoms with van der Waals surface area (Å²) in [6.45, 7) is 3.21. The van der Waals surface area contributed by atoms with Crippen LogP contribution in [0.2, 0.25) is 0 Å². The van der Waals surface area contributed by atoms with Crippen LogP contribution in [0.4, 0.5) is 46.5 Å². The number of carbonyl (C=O) groups excluding carboxylic acids is 3. The Balaban J connectivity index is 0.000000183. The fourth-order valence-electron chi connectivity index (χ4n) is 13.2. The molecular formula is C76H74F8N12O14. The quantitative estimate of drug-likeness (QED) is 0.0556. The summed E-state index contributed by atoms with van der Waals surface area (Å²) in [5.74, 6) is -6.44. The lowest BCUT2D eigenvalue weighted by Crippen LogP contribution is -2.53. The number of benzene rings is 4. The standard InChI is InChI=1S/C36H32F4N6O6.C33H28F4N6O6.C4H8O.C3H6O/c1-19-14-21(45-12-13-51-18-29(45)36(38,39)40)16-25(37)30(19)32(47)43-26(34(49)52-22-6-7-22)15-20-5-8-27(31-23(20)4-3-10-42-31)46-33(48)24-9-11-41-17-28(24)44(2)35(46)50;1-17-12-19(42-10-11-49-16-26(42)33(35,36)37)14-22(34)27(17)29(44)40-23(31(46)47)13-18-5-6-24(28-20(18)4-3-8-39-28)43-30(45)21-7-9-38-15-25(21)41(2)32(43)48;1-2-4-5-3-1;4-3-1-2-3/h3-5,8-11,14,16-17,22,26,29H,6-7,12-13,15,18H2,1-2H3,(H,43,47);3-9,12,14-15,23,26H,10-11,13,16H2,1-2H3,(H,40,44)(H,46,47);1-4H2;3-4H,1-2H2/t26-,29+;23-,26+;;/m00../s1. The second kappa shape index (κ2) is 32.8. The minimum atomic E-state index is -4.65. The van der Waals surface area contributed by atoms with Crippen LogP contribution in [0.1, 0.15) is 81.5 Å². The average Bonchev–Trinajstić information content (AvgIpc) is 1.27. The Bertz CT molecular complexity index is 5400. The topological polar surface area (TPSA) is 316 Å². The first-order valence-electron chi connectivity index (χ1n) is 35.1. The van der Waals surface area contributed by atoms with E-state index in [0.29, 0.717) is 45.8 Å². The lowest BCUT2D eigenvalue weighted by Gasteiger charge is -2.38. The minimum absolute atomic E-state index is 0.00115. The van der Waals surface area contributed by atoms with E-state index in [0.717, 1.165) is 57.1 Å². The highest BCUT2D eigenvalue weighted by atomic mass is 19.4. The number of ether oxygens (including phenoxy) is 4. The summed E-state index contributed by atoms with van der Waals surface area (Å²) in [5, 5.41) is 24.5. The number of pyridine rings is 4. The molecule has 110 heavy (non-hydrogen) atoms. The summed E-state index contributed by atoms with van der Waals surface area (Å²) in [5.41, 5.74) is -1.15. The van der Waals surface area contributed by atoms with Gasteiger partial charge in [0, 0.05) is 100 Å². The first-order chi connectivity index (χ1) is 52.5.